The third-order valence-electron chi connectivity index (χ3n) is 0. The third kappa shape index (κ3) is 252. The van der Waals surface area contributed by atoms with Crippen molar-refractivity contribution in [3.8, 4) is 0 Å². The van der Waals surface area contributed by atoms with E-state index in [1.807, 2.05) is 0 Å². The molecule has 0 spiro atoms. The van der Waals surface area contributed by atoms with E-state index in [-0.39, 0.29) is 4.70 Å². The first-order chi connectivity index (χ1) is 2.00. The largest absolute Gasteiger partial charge is 0.317 e. The molecule has 0 saturated heterocycles. The van der Waals surface area contributed by atoms with E-state index in [9.17, 15) is 0 Å². The molecular weight excluding hydrogens is 154 g/mol. The predicted octanol–water partition coefficient (Wildman–Crippen LogP) is 0.861. The summed E-state index contributed by atoms with van der Waals surface area (Å²) in [6.45, 7) is 0. The fourth-order valence-corrected chi connectivity index (χ4v) is 0. The Morgan fingerprint density at radius 1 is 1.17 bits per heavy atom. The van der Waals surface area contributed by atoms with Crippen LogP contribution in [0.3, 0.4) is 0 Å². The van der Waals surface area contributed by atoms with Gasteiger partial charge in [-0.25, -0.2) is 0 Å². The molecule has 0 atom stereocenters. The zero-order valence-corrected chi connectivity index (χ0v) is 4.72. The first kappa shape index (κ1) is 9.68. The fraction of sp³-hybridized carbons (Fsp3) is 0. The van der Waals surface area contributed by atoms with Crippen molar-refractivity contribution in [1.29, 1.82) is 0 Å². The molecule has 0 radical (unpaired) electrons. The van der Waals surface area contributed by atoms with E-state index in [1.54, 1.807) is 0 Å². The van der Waals surface area contributed by atoms with Crippen LogP contribution in [0.25, 0.3) is 0 Å². The second-order valence-electron chi connectivity index (χ2n) is 0.378. The van der Waals surface area contributed by atoms with E-state index in [1.165, 1.54) is 0 Å². The monoisotopic (exact) mass is 154 g/mol. The highest BCUT2D eigenvalue weighted by Gasteiger charge is 1.88. The lowest BCUT2D eigenvalue weighted by molar-refractivity contribution is 0.621. The van der Waals surface area contributed by atoms with E-state index < -0.39 is 8.26 Å². The zero-order chi connectivity index (χ0) is 4.50. The van der Waals surface area contributed by atoms with Gasteiger partial charge in [-0.1, -0.05) is 0 Å². The van der Waals surface area contributed by atoms with Crippen LogP contribution in [-0.4, -0.2) is 8.42 Å². The molecule has 6 heavy (non-hydrogen) atoms. The Morgan fingerprint density at radius 2 is 1.17 bits per heavy atom. The molecule has 0 aromatic carbocycles. The number of rotatable bonds is 0. The molecule has 0 aromatic rings. The van der Waals surface area contributed by atoms with Crippen LogP contribution in [0.5, 0.6) is 0 Å². The fourth-order valence-electron chi connectivity index (χ4n) is 0. The van der Waals surface area contributed by atoms with E-state index in [0.29, 0.717) is 0 Å². The topological polar surface area (TPSA) is 34.1 Å². The van der Waals surface area contributed by atoms with Crippen molar-refractivity contribution >= 4 is 29.6 Å². The standard InChI is InChI=1S/Cl2O2S.FH/c1-5(2,3)4;/h;1H. The molecule has 0 aromatic heterocycles. The van der Waals surface area contributed by atoms with Crippen LogP contribution < -0.4 is 0 Å². The minimum absolute atomic E-state index is 0. The van der Waals surface area contributed by atoms with Crippen LogP contribution in [0, 0.1) is 0 Å². The van der Waals surface area contributed by atoms with Gasteiger partial charge in [-0.05, 0) is 0 Å². The molecule has 0 bridgehead atoms. The van der Waals surface area contributed by atoms with Crippen molar-refractivity contribution in [3.05, 3.63) is 0 Å². The Labute approximate surface area is 43.3 Å². The summed E-state index contributed by atoms with van der Waals surface area (Å²) in [4.78, 5) is 0. The van der Waals surface area contributed by atoms with Gasteiger partial charge in [-0.2, -0.15) is 8.42 Å². The van der Waals surface area contributed by atoms with Gasteiger partial charge >= 0.3 is 8.26 Å². The lowest BCUT2D eigenvalue weighted by Crippen LogP contribution is -1.63. The Hall–Kier alpha value is 0.460. The summed E-state index contributed by atoms with van der Waals surface area (Å²) in [5.41, 5.74) is 0. The molecule has 6 heteroatoms. The Morgan fingerprint density at radius 3 is 1.17 bits per heavy atom. The summed E-state index contributed by atoms with van der Waals surface area (Å²) in [5, 5.41) is 0. The lowest BCUT2D eigenvalue weighted by Gasteiger charge is -1.61. The smallest absolute Gasteiger partial charge is 0.269 e. The number of hydrogen-bond donors (Lipinski definition) is 0. The van der Waals surface area contributed by atoms with E-state index in [0.717, 1.165) is 0 Å². The number of halogens is 3. The lowest BCUT2D eigenvalue weighted by atomic mass is 15.9. The SMILES string of the molecule is F.O=S(=O)(Cl)Cl. The molecule has 0 saturated carbocycles. The van der Waals surface area contributed by atoms with E-state index in [2.05, 4.69) is 21.4 Å². The molecule has 2 nitrogen and oxygen atoms in total. The van der Waals surface area contributed by atoms with Gasteiger partial charge in [0.15, 0.2) is 0 Å². The Balaban J connectivity index is 0. The second kappa shape index (κ2) is 2.60. The summed E-state index contributed by atoms with van der Waals surface area (Å²) < 4.78 is 18.3. The van der Waals surface area contributed by atoms with Gasteiger partial charge in [0.05, 0.1) is 0 Å². The maximum atomic E-state index is 9.16. The Kier molecular flexibility index (Phi) is 4.20. The van der Waals surface area contributed by atoms with E-state index in [4.69, 9.17) is 8.42 Å². The minimum Gasteiger partial charge on any atom is -0.269 e. The average molecular weight is 155 g/mol. The zero-order valence-electron chi connectivity index (χ0n) is 2.39. The third-order valence-corrected chi connectivity index (χ3v) is 0. The van der Waals surface area contributed by atoms with Gasteiger partial charge in [0.1, 0.15) is 0 Å². The summed E-state index contributed by atoms with van der Waals surface area (Å²) in [6.07, 6.45) is 0. The van der Waals surface area contributed by atoms with Crippen LogP contribution in [0.1, 0.15) is 0 Å². The molecule has 0 N–H and O–H groups in total. The maximum absolute atomic E-state index is 9.16. The molecule has 0 rings (SSSR count). The molecule has 0 unspecified atom stereocenters. The molecule has 0 heterocycles. The van der Waals surface area contributed by atoms with E-state index >= 15 is 0 Å². The average Bonchev–Trinajstić information content (AvgIpc) is 0.722. The van der Waals surface area contributed by atoms with Crippen LogP contribution in [0.4, 0.5) is 4.70 Å². The van der Waals surface area contributed by atoms with Crippen molar-refractivity contribution < 1.29 is 13.1 Å². The van der Waals surface area contributed by atoms with Crippen molar-refractivity contribution in [2.45, 2.75) is 0 Å². The van der Waals surface area contributed by atoms with Crippen molar-refractivity contribution in [2.24, 2.45) is 0 Å². The molecule has 40 valence electrons. The highest BCUT2D eigenvalue weighted by Crippen LogP contribution is 1.98. The van der Waals surface area contributed by atoms with Gasteiger partial charge in [0, 0.05) is 21.4 Å². The predicted molar refractivity (Wildman–Crippen MR) is 23.1 cm³/mol. The second-order valence-corrected chi connectivity index (χ2v) is 4.05. The first-order valence-corrected chi connectivity index (χ1v) is 3.78. The molecule has 0 amide bonds. The molecule has 0 aliphatic heterocycles. The van der Waals surface area contributed by atoms with Gasteiger partial charge in [-0.3, -0.25) is 4.70 Å². The van der Waals surface area contributed by atoms with Gasteiger partial charge in [0.25, 0.3) is 0 Å². The molecular formula is HCl2FO2S. The minimum atomic E-state index is -3.72. The highest BCUT2D eigenvalue weighted by molar-refractivity contribution is 8.31. The van der Waals surface area contributed by atoms with Crippen molar-refractivity contribution in [2.75, 3.05) is 0 Å². The first-order valence-electron chi connectivity index (χ1n) is 0.642. The van der Waals surface area contributed by atoms with Gasteiger partial charge in [-0.15, -0.1) is 0 Å². The van der Waals surface area contributed by atoms with Crippen LogP contribution in [-0.2, 0) is 8.26 Å². The highest BCUT2D eigenvalue weighted by atomic mass is 36.0. The van der Waals surface area contributed by atoms with Crippen molar-refractivity contribution in [1.82, 2.24) is 0 Å². The Bertz CT molecular complexity index is 94.7. The summed E-state index contributed by atoms with van der Waals surface area (Å²) in [6, 6.07) is 0. The van der Waals surface area contributed by atoms with Crippen LogP contribution in [0.2, 0.25) is 0 Å². The molecule has 0 fully saturated rings. The number of hydrogen-bond acceptors (Lipinski definition) is 2. The quantitative estimate of drug-likeness (QED) is 0.486. The molecule has 0 aliphatic rings. The summed E-state index contributed by atoms with van der Waals surface area (Å²) in [7, 11) is 4.81. The normalized spacial score (nSPS) is 9.67. The summed E-state index contributed by atoms with van der Waals surface area (Å²) in [5.74, 6) is 0. The summed E-state index contributed by atoms with van der Waals surface area (Å²) >= 11 is 0. The maximum Gasteiger partial charge on any atom is 0.317 e. The van der Waals surface area contributed by atoms with Gasteiger partial charge < -0.3 is 0 Å². The van der Waals surface area contributed by atoms with Crippen LogP contribution >= 0.6 is 21.4 Å². The molecule has 0 aliphatic carbocycles. The van der Waals surface area contributed by atoms with Gasteiger partial charge in [0.2, 0.25) is 0 Å². The van der Waals surface area contributed by atoms with Crippen LogP contribution in [0.15, 0.2) is 0 Å². The van der Waals surface area contributed by atoms with Crippen molar-refractivity contribution in [3.63, 3.8) is 0 Å².